The zero-order valence-corrected chi connectivity index (χ0v) is 24.6. The summed E-state index contributed by atoms with van der Waals surface area (Å²) in [6, 6.07) is 6.52. The Bertz CT molecular complexity index is 1290. The molecule has 3 atom stereocenters. The molecular formula is C30H40N6O6. The summed E-state index contributed by atoms with van der Waals surface area (Å²) in [5.41, 5.74) is 0.988. The highest BCUT2D eigenvalue weighted by Gasteiger charge is 2.36. The zero-order valence-electron chi connectivity index (χ0n) is 24.6. The van der Waals surface area contributed by atoms with E-state index in [4.69, 9.17) is 4.42 Å². The second kappa shape index (κ2) is 13.6. The number of oxazole rings is 1. The minimum Gasteiger partial charge on any atom is -0.447 e. The van der Waals surface area contributed by atoms with Crippen molar-refractivity contribution < 1.29 is 28.4 Å². The highest BCUT2D eigenvalue weighted by atomic mass is 16.3. The molecule has 2 fully saturated rings. The lowest BCUT2D eigenvalue weighted by Crippen LogP contribution is -2.57. The van der Waals surface area contributed by atoms with Crippen molar-refractivity contribution in [2.24, 2.45) is 5.92 Å². The van der Waals surface area contributed by atoms with Crippen LogP contribution >= 0.6 is 0 Å². The standard InChI is InChI=1S/C30H40N6O6/c1-18(2)14-23-29(40)35(4)19(3)27(38)34-22(15-20-8-6-5-7-9-20)28(39)31-12-13-36(16-24(37)33-23)30(41)25-26(21-10-11-21)42-17-32-25/h5-9,17-19,21-23H,10-16H2,1-4H3,(H,31,39)(H,33,37)(H,34,38)/t19-,22-,23-/m0/s1. The lowest BCUT2D eigenvalue weighted by molar-refractivity contribution is -0.142. The van der Waals surface area contributed by atoms with Gasteiger partial charge >= 0.3 is 0 Å². The van der Waals surface area contributed by atoms with Gasteiger partial charge in [0.05, 0.1) is 6.54 Å². The molecule has 2 aliphatic rings. The second-order valence-electron chi connectivity index (χ2n) is 11.5. The molecule has 12 nitrogen and oxygen atoms in total. The fourth-order valence-corrected chi connectivity index (χ4v) is 4.96. The molecule has 4 rings (SSSR count). The van der Waals surface area contributed by atoms with Crippen LogP contribution in [0.1, 0.15) is 67.8 Å². The van der Waals surface area contributed by atoms with Gasteiger partial charge in [-0.25, -0.2) is 4.98 Å². The fourth-order valence-electron chi connectivity index (χ4n) is 4.96. The highest BCUT2D eigenvalue weighted by molar-refractivity contribution is 5.97. The van der Waals surface area contributed by atoms with Crippen LogP contribution in [0.5, 0.6) is 0 Å². The summed E-state index contributed by atoms with van der Waals surface area (Å²) in [6.45, 7) is 5.11. The average Bonchev–Trinajstić information content (AvgIpc) is 3.69. The van der Waals surface area contributed by atoms with Crippen molar-refractivity contribution in [1.82, 2.24) is 30.7 Å². The van der Waals surface area contributed by atoms with Gasteiger partial charge in [-0.15, -0.1) is 0 Å². The van der Waals surface area contributed by atoms with Crippen LogP contribution in [0.4, 0.5) is 0 Å². The van der Waals surface area contributed by atoms with Gasteiger partial charge in [0.25, 0.3) is 5.91 Å². The van der Waals surface area contributed by atoms with Gasteiger partial charge in [0, 0.05) is 32.5 Å². The summed E-state index contributed by atoms with van der Waals surface area (Å²) in [5.74, 6) is -1.74. The third-order valence-corrected chi connectivity index (χ3v) is 7.61. The van der Waals surface area contributed by atoms with Crippen LogP contribution < -0.4 is 16.0 Å². The van der Waals surface area contributed by atoms with Crippen LogP contribution in [-0.4, -0.2) is 89.1 Å². The maximum absolute atomic E-state index is 13.6. The quantitative estimate of drug-likeness (QED) is 0.464. The molecule has 0 radical (unpaired) electrons. The number of nitrogens with zero attached hydrogens (tertiary/aromatic N) is 3. The maximum atomic E-state index is 13.6. The first-order chi connectivity index (χ1) is 20.0. The fraction of sp³-hybridized carbons (Fsp3) is 0.533. The molecule has 42 heavy (non-hydrogen) atoms. The molecule has 0 unspecified atom stereocenters. The van der Waals surface area contributed by atoms with Crippen LogP contribution in [0, 0.1) is 5.92 Å². The van der Waals surface area contributed by atoms with Gasteiger partial charge in [-0.1, -0.05) is 44.2 Å². The van der Waals surface area contributed by atoms with E-state index in [0.29, 0.717) is 12.2 Å². The van der Waals surface area contributed by atoms with Gasteiger partial charge in [0.15, 0.2) is 12.1 Å². The molecule has 1 aromatic heterocycles. The van der Waals surface area contributed by atoms with Crippen LogP contribution in [0.3, 0.4) is 0 Å². The topological polar surface area (TPSA) is 154 Å². The van der Waals surface area contributed by atoms with E-state index in [9.17, 15) is 24.0 Å². The number of amides is 5. The first-order valence-electron chi connectivity index (χ1n) is 14.5. The second-order valence-corrected chi connectivity index (χ2v) is 11.5. The Morgan fingerprint density at radius 2 is 1.76 bits per heavy atom. The molecule has 3 N–H and O–H groups in total. The molecule has 1 aromatic carbocycles. The third-order valence-electron chi connectivity index (χ3n) is 7.61. The SMILES string of the molecule is CC(C)C[C@@H]1NC(=O)CN(C(=O)c2ncoc2C2CC2)CCNC(=O)[C@H](Cc2ccccc2)NC(=O)[C@H](C)N(C)C1=O. The van der Waals surface area contributed by atoms with Gasteiger partial charge in [0.2, 0.25) is 23.6 Å². The lowest BCUT2D eigenvalue weighted by atomic mass is 10.0. The Hall–Kier alpha value is -4.22. The van der Waals surface area contributed by atoms with E-state index in [0.717, 1.165) is 18.4 Å². The van der Waals surface area contributed by atoms with Gasteiger partial charge < -0.3 is 30.2 Å². The molecule has 0 bridgehead atoms. The Morgan fingerprint density at radius 1 is 1.05 bits per heavy atom. The van der Waals surface area contributed by atoms with Crippen LogP contribution in [0.25, 0.3) is 0 Å². The van der Waals surface area contributed by atoms with Gasteiger partial charge in [-0.05, 0) is 37.7 Å². The van der Waals surface area contributed by atoms with E-state index in [1.165, 1.54) is 23.2 Å². The monoisotopic (exact) mass is 580 g/mol. The number of nitrogens with one attached hydrogen (secondary N) is 3. The van der Waals surface area contributed by atoms with Crippen molar-refractivity contribution in [2.45, 2.75) is 70.5 Å². The molecule has 1 saturated carbocycles. The molecular weight excluding hydrogens is 540 g/mol. The van der Waals surface area contributed by atoms with Gasteiger partial charge in [0.1, 0.15) is 23.9 Å². The van der Waals surface area contributed by atoms with Crippen molar-refractivity contribution in [3.63, 3.8) is 0 Å². The normalized spacial score (nSPS) is 23.1. The average molecular weight is 581 g/mol. The first-order valence-corrected chi connectivity index (χ1v) is 14.5. The number of benzene rings is 1. The molecule has 0 spiro atoms. The van der Waals surface area contributed by atoms with E-state index < -0.39 is 47.7 Å². The van der Waals surface area contributed by atoms with Gasteiger partial charge in [-0.3, -0.25) is 24.0 Å². The van der Waals surface area contributed by atoms with Crippen molar-refractivity contribution >= 4 is 29.5 Å². The summed E-state index contributed by atoms with van der Waals surface area (Å²) < 4.78 is 5.48. The maximum Gasteiger partial charge on any atom is 0.276 e. The number of carbonyl (C=O) groups excluding carboxylic acids is 5. The van der Waals surface area contributed by atoms with Crippen molar-refractivity contribution in [2.75, 3.05) is 26.7 Å². The number of likely N-dealkylation sites (N-methyl/N-ethyl adjacent to an activating group) is 1. The molecule has 12 heteroatoms. The van der Waals surface area contributed by atoms with Crippen molar-refractivity contribution in [3.8, 4) is 0 Å². The van der Waals surface area contributed by atoms with Crippen molar-refractivity contribution in [3.05, 3.63) is 53.7 Å². The molecule has 2 aromatic rings. The molecule has 1 saturated heterocycles. The number of aromatic nitrogens is 1. The smallest absolute Gasteiger partial charge is 0.276 e. The predicted molar refractivity (Wildman–Crippen MR) is 153 cm³/mol. The van der Waals surface area contributed by atoms with E-state index >= 15 is 0 Å². The Morgan fingerprint density at radius 3 is 2.43 bits per heavy atom. The molecule has 1 aliphatic carbocycles. The largest absolute Gasteiger partial charge is 0.447 e. The minimum absolute atomic E-state index is 0.0000621. The zero-order chi connectivity index (χ0) is 30.4. The highest BCUT2D eigenvalue weighted by Crippen LogP contribution is 2.41. The number of rotatable bonds is 6. The molecule has 5 amide bonds. The van der Waals surface area contributed by atoms with E-state index in [2.05, 4.69) is 20.9 Å². The minimum atomic E-state index is -0.927. The summed E-state index contributed by atoms with van der Waals surface area (Å²) in [5, 5.41) is 8.38. The Labute approximate surface area is 245 Å². The van der Waals surface area contributed by atoms with E-state index in [1.807, 2.05) is 44.2 Å². The summed E-state index contributed by atoms with van der Waals surface area (Å²) >= 11 is 0. The lowest BCUT2D eigenvalue weighted by Gasteiger charge is -2.30. The first kappa shape index (κ1) is 30.7. The number of carbonyl (C=O) groups is 5. The predicted octanol–water partition coefficient (Wildman–Crippen LogP) is 1.23. The molecule has 226 valence electrons. The Kier molecular flexibility index (Phi) is 9.97. The summed E-state index contributed by atoms with van der Waals surface area (Å²) in [4.78, 5) is 73.7. The van der Waals surface area contributed by atoms with Crippen LogP contribution in [-0.2, 0) is 25.6 Å². The van der Waals surface area contributed by atoms with Crippen LogP contribution in [0.2, 0.25) is 0 Å². The van der Waals surface area contributed by atoms with Crippen molar-refractivity contribution in [1.29, 1.82) is 0 Å². The molecule has 1 aliphatic heterocycles. The van der Waals surface area contributed by atoms with E-state index in [-0.39, 0.29) is 43.6 Å². The molecule has 2 heterocycles. The number of hydrogen-bond donors (Lipinski definition) is 3. The number of hydrogen-bond acceptors (Lipinski definition) is 7. The summed E-state index contributed by atoms with van der Waals surface area (Å²) in [6.07, 6.45) is 3.58. The van der Waals surface area contributed by atoms with Crippen LogP contribution in [0.15, 0.2) is 41.1 Å². The Balaban J connectivity index is 1.63. The van der Waals surface area contributed by atoms with Gasteiger partial charge in [-0.2, -0.15) is 0 Å². The third kappa shape index (κ3) is 7.74. The summed E-state index contributed by atoms with van der Waals surface area (Å²) in [7, 11) is 1.50. The van der Waals surface area contributed by atoms with E-state index in [1.54, 1.807) is 6.92 Å².